The Labute approximate surface area is 162 Å². The summed E-state index contributed by atoms with van der Waals surface area (Å²) in [5.74, 6) is -0.0241. The van der Waals surface area contributed by atoms with E-state index in [9.17, 15) is 9.59 Å². The zero-order valence-electron chi connectivity index (χ0n) is 15.4. The number of nitrogens with zero attached hydrogens (tertiary/aromatic N) is 2. The number of hydrogen-bond donors (Lipinski definition) is 1. The van der Waals surface area contributed by atoms with Crippen molar-refractivity contribution in [2.45, 2.75) is 25.4 Å². The predicted molar refractivity (Wildman–Crippen MR) is 100 cm³/mol. The number of nitriles is 1. The summed E-state index contributed by atoms with van der Waals surface area (Å²) >= 11 is 0. The van der Waals surface area contributed by atoms with Gasteiger partial charge in [-0.1, -0.05) is 18.2 Å². The molecule has 0 aromatic heterocycles. The normalized spacial score (nSPS) is 15.5. The van der Waals surface area contributed by atoms with Gasteiger partial charge in [0, 0.05) is 31.5 Å². The third-order valence-electron chi connectivity index (χ3n) is 5.02. The van der Waals surface area contributed by atoms with Crippen LogP contribution in [0.4, 0.5) is 9.18 Å². The lowest BCUT2D eigenvalue weighted by Gasteiger charge is -2.36. The van der Waals surface area contributed by atoms with Crippen molar-refractivity contribution in [1.29, 1.82) is 5.26 Å². The average molecular weight is 381 g/mol. The van der Waals surface area contributed by atoms with E-state index in [2.05, 4.69) is 0 Å². The molecule has 0 atom stereocenters. The molecular weight excluding hydrogens is 361 g/mol. The van der Waals surface area contributed by atoms with Crippen molar-refractivity contribution in [3.8, 4) is 11.8 Å². The molecule has 0 unspecified atom stereocenters. The predicted octanol–water partition coefficient (Wildman–Crippen LogP) is 3.43. The van der Waals surface area contributed by atoms with Gasteiger partial charge in [-0.05, 0) is 42.3 Å². The second-order valence-electron chi connectivity index (χ2n) is 6.85. The number of likely N-dealkylation sites (tertiary alicyclic amines) is 1. The minimum atomic E-state index is -1.53. The van der Waals surface area contributed by atoms with Crippen LogP contribution in [0.2, 0.25) is 0 Å². The van der Waals surface area contributed by atoms with Gasteiger partial charge in [0.05, 0.1) is 11.6 Å². The highest BCUT2D eigenvalue weighted by molar-refractivity contribution is 5.95. The van der Waals surface area contributed by atoms with E-state index in [4.69, 9.17) is 15.7 Å². The standard InChI is InChI=1S/C21H20FN3O3/c1-14-2-5-16(12-18(14)28-20(24)27)19(26)25-10-8-21(22,9-11-25)17-6-3-15(13-23)4-7-17/h2-7,12H,8-11H2,1H3,(H2,24,27). The average Bonchev–Trinajstić information content (AvgIpc) is 2.69. The maximum atomic E-state index is 15.3. The number of ether oxygens (including phenoxy) is 1. The molecule has 0 bridgehead atoms. The molecule has 0 aliphatic carbocycles. The lowest BCUT2D eigenvalue weighted by atomic mass is 9.85. The summed E-state index contributed by atoms with van der Waals surface area (Å²) in [6.07, 6.45) is -0.613. The molecule has 1 fully saturated rings. The summed E-state index contributed by atoms with van der Waals surface area (Å²) in [5.41, 5.74) is 5.55. The van der Waals surface area contributed by atoms with Crippen LogP contribution in [0, 0.1) is 18.3 Å². The molecular formula is C21H20FN3O3. The van der Waals surface area contributed by atoms with Crippen molar-refractivity contribution in [1.82, 2.24) is 4.90 Å². The molecule has 2 N–H and O–H groups in total. The number of hydrogen-bond acceptors (Lipinski definition) is 4. The van der Waals surface area contributed by atoms with Crippen LogP contribution in [0.3, 0.4) is 0 Å². The van der Waals surface area contributed by atoms with Gasteiger partial charge in [-0.3, -0.25) is 4.79 Å². The van der Waals surface area contributed by atoms with Crippen molar-refractivity contribution in [2.75, 3.05) is 13.1 Å². The number of piperidine rings is 1. The second kappa shape index (κ2) is 7.69. The third-order valence-corrected chi connectivity index (χ3v) is 5.02. The minimum Gasteiger partial charge on any atom is -0.410 e. The number of aryl methyl sites for hydroxylation is 1. The van der Waals surface area contributed by atoms with Gasteiger partial charge in [-0.25, -0.2) is 9.18 Å². The molecule has 1 aliphatic rings. The number of rotatable bonds is 3. The zero-order valence-corrected chi connectivity index (χ0v) is 15.4. The number of alkyl halides is 1. The van der Waals surface area contributed by atoms with E-state index >= 15 is 4.39 Å². The summed E-state index contributed by atoms with van der Waals surface area (Å²) < 4.78 is 20.3. The summed E-state index contributed by atoms with van der Waals surface area (Å²) in [7, 11) is 0. The van der Waals surface area contributed by atoms with Crippen LogP contribution < -0.4 is 10.5 Å². The molecule has 1 saturated heterocycles. The topological polar surface area (TPSA) is 96.4 Å². The molecule has 28 heavy (non-hydrogen) atoms. The summed E-state index contributed by atoms with van der Waals surface area (Å²) in [4.78, 5) is 25.4. The quantitative estimate of drug-likeness (QED) is 0.881. The molecule has 1 aliphatic heterocycles. The van der Waals surface area contributed by atoms with Crippen LogP contribution >= 0.6 is 0 Å². The first-order valence-electron chi connectivity index (χ1n) is 8.89. The highest BCUT2D eigenvalue weighted by Gasteiger charge is 2.37. The Bertz CT molecular complexity index is 942. The van der Waals surface area contributed by atoms with E-state index in [0.29, 0.717) is 22.3 Å². The monoisotopic (exact) mass is 381 g/mol. The highest BCUT2D eigenvalue weighted by atomic mass is 19.1. The van der Waals surface area contributed by atoms with E-state index < -0.39 is 11.8 Å². The zero-order chi connectivity index (χ0) is 20.3. The number of benzene rings is 2. The summed E-state index contributed by atoms with van der Waals surface area (Å²) in [6.45, 7) is 2.26. The SMILES string of the molecule is Cc1ccc(C(=O)N2CCC(F)(c3ccc(C#N)cc3)CC2)cc1OC(N)=O. The Kier molecular flexibility index (Phi) is 5.32. The van der Waals surface area contributed by atoms with E-state index in [1.807, 2.05) is 6.07 Å². The molecule has 144 valence electrons. The Morgan fingerprint density at radius 2 is 1.82 bits per heavy atom. The molecule has 0 radical (unpaired) electrons. The number of amides is 2. The Hall–Kier alpha value is -3.40. The van der Waals surface area contributed by atoms with Crippen LogP contribution in [-0.2, 0) is 5.67 Å². The summed E-state index contributed by atoms with van der Waals surface area (Å²) in [6, 6.07) is 13.3. The van der Waals surface area contributed by atoms with Crippen LogP contribution in [0.5, 0.6) is 5.75 Å². The third kappa shape index (κ3) is 3.96. The maximum Gasteiger partial charge on any atom is 0.409 e. The van der Waals surface area contributed by atoms with Gasteiger partial charge in [-0.15, -0.1) is 0 Å². The first kappa shape index (κ1) is 19.4. The molecule has 2 aromatic rings. The smallest absolute Gasteiger partial charge is 0.409 e. The van der Waals surface area contributed by atoms with E-state index in [1.54, 1.807) is 48.2 Å². The fraction of sp³-hybridized carbons (Fsp3) is 0.286. The molecule has 7 heteroatoms. The van der Waals surface area contributed by atoms with Gasteiger partial charge in [0.1, 0.15) is 11.4 Å². The Morgan fingerprint density at radius 1 is 1.18 bits per heavy atom. The lowest BCUT2D eigenvalue weighted by Crippen LogP contribution is -2.43. The maximum absolute atomic E-state index is 15.3. The molecule has 0 spiro atoms. The van der Waals surface area contributed by atoms with Gasteiger partial charge in [0.25, 0.3) is 5.91 Å². The number of halogens is 1. The van der Waals surface area contributed by atoms with Crippen molar-refractivity contribution in [3.63, 3.8) is 0 Å². The van der Waals surface area contributed by atoms with Crippen molar-refractivity contribution >= 4 is 12.0 Å². The molecule has 2 aromatic carbocycles. The van der Waals surface area contributed by atoms with Crippen LogP contribution in [0.25, 0.3) is 0 Å². The second-order valence-corrected chi connectivity index (χ2v) is 6.85. The largest absolute Gasteiger partial charge is 0.410 e. The van der Waals surface area contributed by atoms with E-state index in [0.717, 1.165) is 0 Å². The Morgan fingerprint density at radius 3 is 2.39 bits per heavy atom. The van der Waals surface area contributed by atoms with E-state index in [1.165, 1.54) is 6.07 Å². The van der Waals surface area contributed by atoms with Crippen molar-refractivity contribution in [3.05, 3.63) is 64.7 Å². The van der Waals surface area contributed by atoms with E-state index in [-0.39, 0.29) is 37.6 Å². The molecule has 6 nitrogen and oxygen atoms in total. The van der Waals surface area contributed by atoms with Gasteiger partial charge in [0.15, 0.2) is 0 Å². The summed E-state index contributed by atoms with van der Waals surface area (Å²) in [5, 5.41) is 8.87. The first-order valence-corrected chi connectivity index (χ1v) is 8.89. The van der Waals surface area contributed by atoms with Crippen molar-refractivity contribution in [2.24, 2.45) is 5.73 Å². The molecule has 0 saturated carbocycles. The number of carbonyl (C=O) groups is 2. The number of nitrogens with two attached hydrogens (primary N) is 1. The van der Waals surface area contributed by atoms with Gasteiger partial charge in [0.2, 0.25) is 0 Å². The number of primary amides is 1. The van der Waals surface area contributed by atoms with Gasteiger partial charge in [-0.2, -0.15) is 5.26 Å². The highest BCUT2D eigenvalue weighted by Crippen LogP contribution is 2.37. The van der Waals surface area contributed by atoms with Gasteiger partial charge >= 0.3 is 6.09 Å². The fourth-order valence-corrected chi connectivity index (χ4v) is 3.33. The van der Waals surface area contributed by atoms with Crippen molar-refractivity contribution < 1.29 is 18.7 Å². The van der Waals surface area contributed by atoms with Crippen LogP contribution in [0.15, 0.2) is 42.5 Å². The minimum absolute atomic E-state index is 0.168. The molecule has 2 amide bonds. The first-order chi connectivity index (χ1) is 13.3. The van der Waals surface area contributed by atoms with Crippen LogP contribution in [-0.4, -0.2) is 30.0 Å². The van der Waals surface area contributed by atoms with Crippen LogP contribution in [0.1, 0.15) is 39.9 Å². The molecule has 3 rings (SSSR count). The Balaban J connectivity index is 1.71. The lowest BCUT2D eigenvalue weighted by molar-refractivity contribution is 0.0421. The van der Waals surface area contributed by atoms with Gasteiger partial charge < -0.3 is 15.4 Å². The fourth-order valence-electron chi connectivity index (χ4n) is 3.33. The number of carbonyl (C=O) groups excluding carboxylic acids is 2. The molecule has 1 heterocycles.